The Labute approximate surface area is 144 Å². The van der Waals surface area contributed by atoms with Crippen LogP contribution in [-0.2, 0) is 24.0 Å². The summed E-state index contributed by atoms with van der Waals surface area (Å²) >= 11 is 0. The molecule has 0 saturated carbocycles. The lowest BCUT2D eigenvalue weighted by Crippen LogP contribution is -2.64. The van der Waals surface area contributed by atoms with Crippen molar-refractivity contribution < 1.29 is 29.1 Å². The van der Waals surface area contributed by atoms with Crippen LogP contribution in [0, 0.1) is 0 Å². The van der Waals surface area contributed by atoms with E-state index in [1.165, 1.54) is 5.01 Å². The summed E-state index contributed by atoms with van der Waals surface area (Å²) in [7, 11) is 1.61. The van der Waals surface area contributed by atoms with Crippen LogP contribution in [0.25, 0.3) is 0 Å². The average Bonchev–Trinajstić information content (AvgIpc) is 2.71. The minimum Gasteiger partial charge on any atom is -0.481 e. The second-order valence-electron chi connectivity index (χ2n) is 6.09. The lowest BCUT2D eigenvalue weighted by atomic mass is 10.1. The van der Waals surface area contributed by atoms with Crippen LogP contribution in [0.1, 0.15) is 32.1 Å². The first kappa shape index (κ1) is 18.8. The van der Waals surface area contributed by atoms with Gasteiger partial charge in [0.1, 0.15) is 12.3 Å². The molecule has 0 aromatic carbocycles. The van der Waals surface area contributed by atoms with Gasteiger partial charge >= 0.3 is 5.97 Å². The summed E-state index contributed by atoms with van der Waals surface area (Å²) in [5.41, 5.74) is 0. The van der Waals surface area contributed by atoms with E-state index in [-0.39, 0.29) is 18.2 Å². The summed E-state index contributed by atoms with van der Waals surface area (Å²) in [6.45, 7) is 0.344. The van der Waals surface area contributed by atoms with Gasteiger partial charge in [-0.25, -0.2) is 5.01 Å². The first-order chi connectivity index (χ1) is 11.9. The number of hydrogen-bond donors (Lipinski definition) is 3. The third-order valence-corrected chi connectivity index (χ3v) is 4.40. The summed E-state index contributed by atoms with van der Waals surface area (Å²) in [5.74, 6) is -2.48. The summed E-state index contributed by atoms with van der Waals surface area (Å²) in [5, 5.41) is 16.4. The quantitative estimate of drug-likeness (QED) is 0.482. The molecule has 2 heterocycles. The molecule has 10 nitrogen and oxygen atoms in total. The molecule has 0 unspecified atom stereocenters. The van der Waals surface area contributed by atoms with Gasteiger partial charge in [0.05, 0.1) is 18.5 Å². The lowest BCUT2D eigenvalue weighted by molar-refractivity contribution is -0.176. The molecule has 0 spiro atoms. The Morgan fingerprint density at radius 1 is 1.36 bits per heavy atom. The highest BCUT2D eigenvalue weighted by molar-refractivity contribution is 5.94. The number of nitrogens with zero attached hydrogens (tertiary/aromatic N) is 2. The lowest BCUT2D eigenvalue weighted by Gasteiger charge is -2.43. The third-order valence-electron chi connectivity index (χ3n) is 4.40. The molecule has 0 aromatic rings. The van der Waals surface area contributed by atoms with Crippen molar-refractivity contribution in [3.05, 3.63) is 0 Å². The molecule has 2 rings (SSSR count). The standard InChI is InChI=1S/C15H22N4O6/c1-16-10-4-5-12(21)18-6-2-3-11(19(18)15(10)25)14(24)17-9(8-20)7-13(22)23/h8-11,16H,2-7H2,1H3,(H,17,24)(H,22,23)/t9-,10-,11-/m0/s1. The number of amides is 3. The number of fused-ring (bicyclic) bond motifs is 1. The van der Waals surface area contributed by atoms with E-state index in [9.17, 15) is 24.0 Å². The minimum absolute atomic E-state index is 0.193. The monoisotopic (exact) mass is 354 g/mol. The van der Waals surface area contributed by atoms with Gasteiger partial charge in [0.25, 0.3) is 5.91 Å². The highest BCUT2D eigenvalue weighted by Gasteiger charge is 2.44. The molecular formula is C15H22N4O6. The van der Waals surface area contributed by atoms with Crippen LogP contribution in [0.15, 0.2) is 0 Å². The number of aliphatic carboxylic acids is 1. The second kappa shape index (κ2) is 8.06. The van der Waals surface area contributed by atoms with Gasteiger partial charge in [-0.1, -0.05) is 0 Å². The van der Waals surface area contributed by atoms with Crippen molar-refractivity contribution in [1.29, 1.82) is 0 Å². The predicted molar refractivity (Wildman–Crippen MR) is 83.9 cm³/mol. The van der Waals surface area contributed by atoms with E-state index in [0.29, 0.717) is 32.1 Å². The van der Waals surface area contributed by atoms with Gasteiger partial charge in [0, 0.05) is 13.0 Å². The molecular weight excluding hydrogens is 332 g/mol. The van der Waals surface area contributed by atoms with Crippen LogP contribution in [0.3, 0.4) is 0 Å². The van der Waals surface area contributed by atoms with Crippen molar-refractivity contribution in [3.63, 3.8) is 0 Å². The number of carboxylic acids is 1. The van der Waals surface area contributed by atoms with E-state index in [1.54, 1.807) is 7.05 Å². The van der Waals surface area contributed by atoms with Crippen molar-refractivity contribution in [2.24, 2.45) is 0 Å². The molecule has 2 aliphatic rings. The largest absolute Gasteiger partial charge is 0.481 e. The summed E-state index contributed by atoms with van der Waals surface area (Å²) < 4.78 is 0. The number of nitrogens with one attached hydrogen (secondary N) is 2. The number of rotatable bonds is 6. The molecule has 0 aromatic heterocycles. The molecule has 25 heavy (non-hydrogen) atoms. The number of hydrazine groups is 1. The van der Waals surface area contributed by atoms with Crippen LogP contribution < -0.4 is 10.6 Å². The van der Waals surface area contributed by atoms with Gasteiger partial charge in [-0.3, -0.25) is 24.2 Å². The number of likely N-dealkylation sites (N-methyl/N-ethyl adjacent to an activating group) is 1. The van der Waals surface area contributed by atoms with Crippen molar-refractivity contribution in [2.45, 2.75) is 50.2 Å². The molecule has 138 valence electrons. The van der Waals surface area contributed by atoms with Gasteiger partial charge in [-0.15, -0.1) is 0 Å². The van der Waals surface area contributed by atoms with E-state index in [2.05, 4.69) is 10.6 Å². The van der Waals surface area contributed by atoms with Crippen LogP contribution in [0.5, 0.6) is 0 Å². The third kappa shape index (κ3) is 4.13. The molecule has 2 aliphatic heterocycles. The number of aldehydes is 1. The first-order valence-corrected chi connectivity index (χ1v) is 8.17. The average molecular weight is 354 g/mol. The topological polar surface area (TPSA) is 136 Å². The summed E-state index contributed by atoms with van der Waals surface area (Å²) in [6, 6.07) is -2.71. The number of carbonyl (C=O) groups excluding carboxylic acids is 4. The fourth-order valence-electron chi connectivity index (χ4n) is 3.14. The Balaban J connectivity index is 2.21. The second-order valence-corrected chi connectivity index (χ2v) is 6.09. The molecule has 2 fully saturated rings. The Morgan fingerprint density at radius 2 is 2.08 bits per heavy atom. The van der Waals surface area contributed by atoms with Crippen LogP contribution in [-0.4, -0.2) is 76.8 Å². The zero-order chi connectivity index (χ0) is 18.6. The Kier molecular flexibility index (Phi) is 6.07. The molecule has 3 N–H and O–H groups in total. The van der Waals surface area contributed by atoms with Crippen LogP contribution in [0.2, 0.25) is 0 Å². The zero-order valence-corrected chi connectivity index (χ0v) is 13.9. The fourth-order valence-corrected chi connectivity index (χ4v) is 3.14. The van der Waals surface area contributed by atoms with Crippen molar-refractivity contribution in [1.82, 2.24) is 20.7 Å². The normalized spacial score (nSPS) is 25.0. The summed E-state index contributed by atoms with van der Waals surface area (Å²) in [6.07, 6.45) is 1.19. The highest BCUT2D eigenvalue weighted by atomic mass is 16.4. The first-order valence-electron chi connectivity index (χ1n) is 8.17. The predicted octanol–water partition coefficient (Wildman–Crippen LogP) is -1.74. The number of hydrogen-bond acceptors (Lipinski definition) is 6. The Bertz CT molecular complexity index is 580. The number of carbonyl (C=O) groups is 5. The molecule has 2 saturated heterocycles. The smallest absolute Gasteiger partial charge is 0.305 e. The fraction of sp³-hybridized carbons (Fsp3) is 0.667. The van der Waals surface area contributed by atoms with Gasteiger partial charge in [-0.2, -0.15) is 0 Å². The van der Waals surface area contributed by atoms with Crippen molar-refractivity contribution in [3.8, 4) is 0 Å². The molecule has 0 aliphatic carbocycles. The van der Waals surface area contributed by atoms with E-state index in [4.69, 9.17) is 5.11 Å². The van der Waals surface area contributed by atoms with E-state index in [0.717, 1.165) is 5.01 Å². The van der Waals surface area contributed by atoms with Crippen molar-refractivity contribution in [2.75, 3.05) is 13.6 Å². The van der Waals surface area contributed by atoms with Gasteiger partial charge in [0.2, 0.25) is 11.8 Å². The van der Waals surface area contributed by atoms with Gasteiger partial charge in [0.15, 0.2) is 0 Å². The molecule has 0 bridgehead atoms. The van der Waals surface area contributed by atoms with Gasteiger partial charge in [-0.05, 0) is 26.3 Å². The maximum atomic E-state index is 12.7. The maximum absolute atomic E-state index is 12.7. The molecule has 10 heteroatoms. The van der Waals surface area contributed by atoms with Gasteiger partial charge < -0.3 is 20.5 Å². The van der Waals surface area contributed by atoms with Crippen molar-refractivity contribution >= 4 is 30.0 Å². The van der Waals surface area contributed by atoms with E-state index in [1.807, 2.05) is 0 Å². The summed E-state index contributed by atoms with van der Waals surface area (Å²) in [4.78, 5) is 59.3. The SMILES string of the molecule is CN[C@H]1CCC(=O)N2CCC[C@@H](C(=O)N[C@H](C=O)CC(=O)O)N2C1=O. The zero-order valence-electron chi connectivity index (χ0n) is 13.9. The van der Waals surface area contributed by atoms with Crippen LogP contribution >= 0.6 is 0 Å². The Morgan fingerprint density at radius 3 is 2.68 bits per heavy atom. The number of carboxylic acid groups (broad SMARTS) is 1. The van der Waals surface area contributed by atoms with Crippen LogP contribution in [0.4, 0.5) is 0 Å². The molecule has 3 atom stereocenters. The van der Waals surface area contributed by atoms with E-state index >= 15 is 0 Å². The molecule has 0 radical (unpaired) electrons. The molecule has 3 amide bonds. The van der Waals surface area contributed by atoms with E-state index < -0.39 is 36.4 Å². The minimum atomic E-state index is -1.22. The highest BCUT2D eigenvalue weighted by Crippen LogP contribution is 2.24. The Hall–Kier alpha value is -2.49. The maximum Gasteiger partial charge on any atom is 0.305 e.